The van der Waals surface area contributed by atoms with Crippen LogP contribution in [-0.4, -0.2) is 44.1 Å². The molecule has 222 valence electrons. The van der Waals surface area contributed by atoms with E-state index in [1.54, 1.807) is 6.07 Å². The zero-order valence-electron chi connectivity index (χ0n) is 25.4. The lowest BCUT2D eigenvalue weighted by atomic mass is 9.85. The second kappa shape index (κ2) is 11.0. The molecule has 1 fully saturated rings. The van der Waals surface area contributed by atoms with Crippen molar-refractivity contribution in [2.45, 2.75) is 76.5 Å². The van der Waals surface area contributed by atoms with E-state index >= 15 is 0 Å². The number of rotatable bonds is 5. The topological polar surface area (TPSA) is 120 Å². The van der Waals surface area contributed by atoms with Crippen molar-refractivity contribution in [3.05, 3.63) is 82.9 Å². The minimum absolute atomic E-state index is 0.164. The number of nitrogens with one attached hydrogen (secondary N) is 2. The lowest BCUT2D eigenvalue weighted by molar-refractivity contribution is 0.170. The molecule has 6 rings (SSSR count). The number of aromatic nitrogens is 4. The highest BCUT2D eigenvalue weighted by Gasteiger charge is 2.40. The normalized spacial score (nSPS) is 22.1. The van der Waals surface area contributed by atoms with E-state index in [4.69, 9.17) is 4.74 Å². The molecule has 1 aliphatic carbocycles. The number of anilines is 1. The average Bonchev–Trinajstić information content (AvgIpc) is 3.56. The maximum absolute atomic E-state index is 13.1. The molecule has 4 heterocycles. The van der Waals surface area contributed by atoms with E-state index in [0.29, 0.717) is 12.2 Å². The molecule has 0 spiro atoms. The molecular formula is C33H38N8O2. The summed E-state index contributed by atoms with van der Waals surface area (Å²) in [5.41, 5.74) is 3.70. The summed E-state index contributed by atoms with van der Waals surface area (Å²) >= 11 is 0. The van der Waals surface area contributed by atoms with Crippen LogP contribution in [0.15, 0.2) is 54.7 Å². The van der Waals surface area contributed by atoms with Crippen molar-refractivity contribution in [3.63, 3.8) is 0 Å². The van der Waals surface area contributed by atoms with Crippen LogP contribution in [0.1, 0.15) is 93.7 Å². The summed E-state index contributed by atoms with van der Waals surface area (Å²) < 4.78 is 8.65. The van der Waals surface area contributed by atoms with E-state index in [0.717, 1.165) is 59.7 Å². The van der Waals surface area contributed by atoms with Gasteiger partial charge in [-0.1, -0.05) is 45.0 Å². The first-order valence-electron chi connectivity index (χ1n) is 14.9. The number of carbonyl (C=O) groups is 1. The zero-order valence-corrected chi connectivity index (χ0v) is 25.4. The van der Waals surface area contributed by atoms with Gasteiger partial charge >= 0.3 is 6.03 Å². The number of hydrogen-bond donors (Lipinski definition) is 2. The number of urea groups is 1. The minimum atomic E-state index is -0.363. The highest BCUT2D eigenvalue weighted by molar-refractivity contribution is 5.88. The number of likely N-dealkylation sites (tertiary alicyclic amines) is 1. The summed E-state index contributed by atoms with van der Waals surface area (Å²) in [4.78, 5) is 19.8. The predicted molar refractivity (Wildman–Crippen MR) is 164 cm³/mol. The number of carbonyl (C=O) groups excluding carboxylic acids is 1. The monoisotopic (exact) mass is 578 g/mol. The smallest absolute Gasteiger partial charge is 0.320 e. The third kappa shape index (κ3) is 5.53. The molecule has 1 saturated heterocycles. The van der Waals surface area contributed by atoms with Gasteiger partial charge in [0.2, 0.25) is 0 Å². The zero-order chi connectivity index (χ0) is 30.4. The van der Waals surface area contributed by atoms with Gasteiger partial charge in [-0.05, 0) is 92.6 Å². The molecule has 10 heteroatoms. The number of pyridine rings is 2. The molecule has 43 heavy (non-hydrogen) atoms. The van der Waals surface area contributed by atoms with Gasteiger partial charge in [0.05, 0.1) is 17.8 Å². The van der Waals surface area contributed by atoms with Gasteiger partial charge in [0.15, 0.2) is 11.5 Å². The standard InChI is InChI=1S/C33H38N8O2/c1-32(2,3)21-17-22(19-34)35-28(18-21)37-31(42)36-26-12-13-27(25-10-7-6-9-24(25)26)43-23-11-14-29-38-39-30(41(29)20-23)33(4)15-8-16-40(33)5/h6-7,9-11,14,17-18,20,26-27H,8,12-13,15-16H2,1-5H3,(H2,35,36,37,42)/t26?,27?,33-/m1/s1. The van der Waals surface area contributed by atoms with Crippen LogP contribution in [0.4, 0.5) is 10.6 Å². The molecule has 1 aliphatic heterocycles. The van der Waals surface area contributed by atoms with Crippen LogP contribution in [0.5, 0.6) is 5.75 Å². The second-order valence-electron chi connectivity index (χ2n) is 12.9. The van der Waals surface area contributed by atoms with Crippen molar-refractivity contribution in [2.24, 2.45) is 0 Å². The second-order valence-corrected chi connectivity index (χ2v) is 12.9. The van der Waals surface area contributed by atoms with Gasteiger partial charge in [-0.3, -0.25) is 14.6 Å². The third-order valence-corrected chi connectivity index (χ3v) is 8.92. The molecule has 3 atom stereocenters. The van der Waals surface area contributed by atoms with Crippen LogP contribution in [0.3, 0.4) is 0 Å². The Morgan fingerprint density at radius 1 is 1.12 bits per heavy atom. The first kappa shape index (κ1) is 28.6. The van der Waals surface area contributed by atoms with Crippen molar-refractivity contribution >= 4 is 17.5 Å². The Hall–Kier alpha value is -4.49. The van der Waals surface area contributed by atoms with Gasteiger partial charge in [0.1, 0.15) is 29.4 Å². The fourth-order valence-corrected chi connectivity index (χ4v) is 6.27. The van der Waals surface area contributed by atoms with Crippen molar-refractivity contribution in [3.8, 4) is 11.8 Å². The predicted octanol–water partition coefficient (Wildman–Crippen LogP) is 6.01. The first-order chi connectivity index (χ1) is 20.5. The largest absolute Gasteiger partial charge is 0.484 e. The Labute approximate surface area is 252 Å². The summed E-state index contributed by atoms with van der Waals surface area (Å²) in [6, 6.07) is 17.1. The number of nitrogens with zero attached hydrogens (tertiary/aromatic N) is 6. The summed E-state index contributed by atoms with van der Waals surface area (Å²) in [7, 11) is 2.14. The Morgan fingerprint density at radius 2 is 1.91 bits per heavy atom. The van der Waals surface area contributed by atoms with Crippen molar-refractivity contribution in [1.82, 2.24) is 29.8 Å². The molecule has 2 N–H and O–H groups in total. The van der Waals surface area contributed by atoms with E-state index in [1.807, 2.05) is 42.6 Å². The number of ether oxygens (including phenoxy) is 1. The lowest BCUT2D eigenvalue weighted by Crippen LogP contribution is -2.37. The van der Waals surface area contributed by atoms with Crippen LogP contribution in [-0.2, 0) is 11.0 Å². The summed E-state index contributed by atoms with van der Waals surface area (Å²) in [6.45, 7) is 9.44. The van der Waals surface area contributed by atoms with E-state index < -0.39 is 0 Å². The highest BCUT2D eigenvalue weighted by Crippen LogP contribution is 2.40. The van der Waals surface area contributed by atoms with Gasteiger partial charge < -0.3 is 10.1 Å². The Kier molecular flexibility index (Phi) is 7.30. The molecular weight excluding hydrogens is 540 g/mol. The summed E-state index contributed by atoms with van der Waals surface area (Å²) in [6.07, 6.45) is 5.43. The van der Waals surface area contributed by atoms with Gasteiger partial charge in [0, 0.05) is 0 Å². The first-order valence-corrected chi connectivity index (χ1v) is 14.9. The number of fused-ring (bicyclic) bond motifs is 2. The molecule has 0 bridgehead atoms. The molecule has 0 radical (unpaired) electrons. The van der Waals surface area contributed by atoms with Crippen molar-refractivity contribution < 1.29 is 9.53 Å². The number of nitriles is 1. The van der Waals surface area contributed by atoms with Gasteiger partial charge in [-0.2, -0.15) is 5.26 Å². The van der Waals surface area contributed by atoms with Gasteiger partial charge in [0.25, 0.3) is 0 Å². The van der Waals surface area contributed by atoms with E-state index in [-0.39, 0.29) is 34.8 Å². The molecule has 0 saturated carbocycles. The van der Waals surface area contributed by atoms with Crippen LogP contribution in [0.2, 0.25) is 0 Å². The van der Waals surface area contributed by atoms with Crippen LogP contribution in [0, 0.1) is 11.3 Å². The Bertz CT molecular complexity index is 1720. The lowest BCUT2D eigenvalue weighted by Gasteiger charge is -2.32. The maximum atomic E-state index is 13.1. The third-order valence-electron chi connectivity index (χ3n) is 8.92. The van der Waals surface area contributed by atoms with E-state index in [2.05, 4.69) is 82.0 Å². The summed E-state index contributed by atoms with van der Waals surface area (Å²) in [5.74, 6) is 2.03. The fraction of sp³-hybridized carbons (Fsp3) is 0.424. The van der Waals surface area contributed by atoms with E-state index in [1.165, 1.54) is 0 Å². The number of benzene rings is 1. The Balaban J connectivity index is 1.20. The highest BCUT2D eigenvalue weighted by atomic mass is 16.5. The molecule has 3 aromatic heterocycles. The molecule has 2 unspecified atom stereocenters. The average molecular weight is 579 g/mol. The fourth-order valence-electron chi connectivity index (χ4n) is 6.27. The van der Waals surface area contributed by atoms with Gasteiger partial charge in [-0.25, -0.2) is 9.78 Å². The van der Waals surface area contributed by atoms with Crippen LogP contribution < -0.4 is 15.4 Å². The minimum Gasteiger partial charge on any atom is -0.484 e. The quantitative estimate of drug-likeness (QED) is 0.297. The molecule has 10 nitrogen and oxygen atoms in total. The molecule has 1 aromatic carbocycles. The molecule has 2 aliphatic rings. The number of hydrogen-bond acceptors (Lipinski definition) is 7. The summed E-state index contributed by atoms with van der Waals surface area (Å²) in [5, 5.41) is 24.4. The van der Waals surface area contributed by atoms with Crippen molar-refractivity contribution in [1.29, 1.82) is 5.26 Å². The SMILES string of the molecule is CN1CCC[C@]1(C)c1nnc2ccc(OC3CCC(NC(=O)Nc4cc(C(C)(C)C)cc(C#N)n4)c4ccccc43)cn12. The van der Waals surface area contributed by atoms with Gasteiger partial charge in [-0.15, -0.1) is 10.2 Å². The Morgan fingerprint density at radius 3 is 2.63 bits per heavy atom. The molecule has 4 aromatic rings. The maximum Gasteiger partial charge on any atom is 0.320 e. The number of amides is 2. The molecule has 2 amide bonds. The van der Waals surface area contributed by atoms with Crippen molar-refractivity contribution in [2.75, 3.05) is 18.9 Å². The van der Waals surface area contributed by atoms with Crippen LogP contribution >= 0.6 is 0 Å². The van der Waals surface area contributed by atoms with E-state index in [9.17, 15) is 10.1 Å². The van der Waals surface area contributed by atoms with Crippen LogP contribution in [0.25, 0.3) is 5.65 Å².